The van der Waals surface area contributed by atoms with Crippen LogP contribution in [0.4, 0.5) is 19.2 Å². The number of carbonyl (C=O) groups is 4. The Morgan fingerprint density at radius 3 is 0.919 bits per heavy atom. The summed E-state index contributed by atoms with van der Waals surface area (Å²) in [6.45, 7) is 39.1. The smallest absolute Gasteiger partial charge is 0.796 e. The van der Waals surface area contributed by atoms with Crippen molar-refractivity contribution in [1.29, 1.82) is 0 Å². The first-order chi connectivity index (χ1) is 48.6. The largest absolute Gasteiger partial charge is 1.00 e. The van der Waals surface area contributed by atoms with Crippen LogP contribution >= 0.6 is 64.9 Å². The molecule has 0 aromatic carbocycles. The number of halogens is 4. The molecule has 7 aliphatic heterocycles. The topological polar surface area (TPSA) is 363 Å². The van der Waals surface area contributed by atoms with Crippen molar-refractivity contribution in [3.63, 3.8) is 0 Å². The molecule has 664 valence electrons. The fourth-order valence-electron chi connectivity index (χ4n) is 11.3. The maximum absolute atomic E-state index is 11.8. The van der Waals surface area contributed by atoms with E-state index in [1.54, 1.807) is 21.0 Å². The zero-order valence-electron chi connectivity index (χ0n) is 70.5. The van der Waals surface area contributed by atoms with E-state index in [0.29, 0.717) is 89.6 Å². The van der Waals surface area contributed by atoms with Crippen molar-refractivity contribution >= 4 is 151 Å². The SMILES string of the molecule is C.CC(C)(C)OC(=O)N1CCC(O)CC1.CC(C)(C)OC(=O)N1CCC(OS(C)(=O)=O)CC1.CC(C)(C)OC(=O)N1CCC(S(C)(=O)=O)CC1.CCCBr.CCCN1CCC(S(C)(=O)=O)CC1.CS(=O)(=O)C1CCN(CCN)CC1.CS(=O)(=O)C1CCNCC1.CSC1CCN(C(=O)OC(C)(C)C)CC1.C[S-].Cl.Cl.Cl.[Na+]. The monoisotopic (exact) mass is 1860 g/mol. The average Bonchev–Trinajstić information content (AvgIpc) is 0.845. The Balaban J connectivity index is -0.000000224. The van der Waals surface area contributed by atoms with Crippen LogP contribution in [-0.2, 0) is 85.2 Å². The van der Waals surface area contributed by atoms with Crippen LogP contribution in [0, 0.1) is 0 Å². The second-order valence-electron chi connectivity index (χ2n) is 31.6. The van der Waals surface area contributed by atoms with E-state index >= 15 is 0 Å². The van der Waals surface area contributed by atoms with E-state index in [1.165, 1.54) is 31.4 Å². The van der Waals surface area contributed by atoms with Crippen molar-refractivity contribution in [3.8, 4) is 0 Å². The Labute approximate surface area is 732 Å². The molecule has 7 aliphatic rings. The predicted molar refractivity (Wildman–Crippen MR) is 464 cm³/mol. The number of carbonyl (C=O) groups excluding carboxylic acids is 4. The summed E-state index contributed by atoms with van der Waals surface area (Å²) >= 11 is 9.23. The number of ether oxygens (including phenoxy) is 4. The predicted octanol–water partition coefficient (Wildman–Crippen LogP) is 7.92. The molecular weight excluding hydrogens is 1720 g/mol. The van der Waals surface area contributed by atoms with Crippen molar-refractivity contribution < 1.29 is 119 Å². The molecule has 4 amide bonds. The first-order valence-corrected chi connectivity index (χ1v) is 50.0. The molecule has 7 heterocycles. The number of nitrogens with one attached hydrogen (secondary N) is 1. The van der Waals surface area contributed by atoms with E-state index in [-0.39, 0.29) is 137 Å². The Bertz CT molecular complexity index is 3000. The van der Waals surface area contributed by atoms with Crippen LogP contribution in [-0.4, -0.2) is 322 Å². The number of sulfone groups is 4. The van der Waals surface area contributed by atoms with Gasteiger partial charge in [0.25, 0.3) is 10.1 Å². The molecule has 0 radical (unpaired) electrons. The quantitative estimate of drug-likeness (QED) is 0.0549. The third-order valence-corrected chi connectivity index (χ3v) is 26.3. The number of rotatable bonds is 12. The third-order valence-electron chi connectivity index (χ3n) is 17.0. The summed E-state index contributed by atoms with van der Waals surface area (Å²) in [7, 11) is -14.8. The number of nitrogens with zero attached hydrogens (tertiary/aromatic N) is 6. The molecular formula is C71H149BrCl3N8NaO20S7. The van der Waals surface area contributed by atoms with Crippen LogP contribution in [0.3, 0.4) is 0 Å². The fraction of sp³-hybridized carbons (Fsp3) is 0.944. The third kappa shape index (κ3) is 63.3. The minimum Gasteiger partial charge on any atom is -0.796 e. The maximum atomic E-state index is 11.8. The molecule has 111 heavy (non-hydrogen) atoms. The van der Waals surface area contributed by atoms with Gasteiger partial charge in [-0.05, 0) is 238 Å². The molecule has 0 aromatic heterocycles. The van der Waals surface area contributed by atoms with Crippen LogP contribution in [0.2, 0.25) is 0 Å². The van der Waals surface area contributed by atoms with Crippen LogP contribution in [0.15, 0.2) is 0 Å². The number of nitrogens with two attached hydrogens (primary N) is 1. The van der Waals surface area contributed by atoms with Crippen molar-refractivity contribution in [2.24, 2.45) is 5.73 Å². The minimum atomic E-state index is -3.42. The first kappa shape index (κ1) is 124. The number of thioether (sulfide) groups is 1. The Morgan fingerprint density at radius 1 is 0.450 bits per heavy atom. The number of alkyl halides is 1. The van der Waals surface area contributed by atoms with Gasteiger partial charge in [0.15, 0.2) is 0 Å². The summed E-state index contributed by atoms with van der Waals surface area (Å²) in [5.74, 6) is 0. The standard InChI is InChI=1S/C11H21NO5S.C11H21NO4S.C11H21NO2S.C10H19NO3.C9H19NO2S.C8H18N2O2S.C6H13NO2S.C3H7Br.CH4S.CH4.3ClH.Na/c1-11(2,3)16-10(13)12-7-5-9(6-8-12)17-18(4,14)15;1-11(2,3)16-10(13)12-7-5-9(6-8-12)17(4,14)15;1-11(2,3)14-10(13)12-7-5-9(15-4)6-8-12;1-10(2,3)14-9(13)11-6-4-8(12)5-7-11;1-3-6-10-7-4-9(5-8-10)13(2,11)12;1-13(11,12)8-2-5-10(6-3-8)7-4-9;1-10(8,9)6-2-4-7-5-3-6;1-2-3-4;1-2;;;;;/h9H,5-8H2,1-4H3;9H,5-8H2,1-4H3;9H,5-8H2,1-4H3;8,12H,4-7H2,1-3H3;9H,3-8H2,1-2H3;8H,2-7,9H2,1H3;6-7H,2-5H2,1H3;2-3H2,1H3;2H,1H3;1H4;3*1H;/q;;;;;;;;;;;;;+1/p-1. The summed E-state index contributed by atoms with van der Waals surface area (Å²) in [6.07, 6.45) is 20.8. The molecule has 7 saturated heterocycles. The van der Waals surface area contributed by atoms with Gasteiger partial charge in [-0.15, -0.1) is 37.2 Å². The van der Waals surface area contributed by atoms with Crippen molar-refractivity contribution in [2.45, 2.75) is 268 Å². The van der Waals surface area contributed by atoms with Gasteiger partial charge in [-0.25, -0.2) is 52.8 Å². The van der Waals surface area contributed by atoms with Crippen LogP contribution < -0.4 is 40.6 Å². The van der Waals surface area contributed by atoms with Gasteiger partial charge in [0.2, 0.25) is 0 Å². The maximum Gasteiger partial charge on any atom is 1.00 e. The Morgan fingerprint density at radius 2 is 0.694 bits per heavy atom. The molecule has 7 rings (SSSR count). The van der Waals surface area contributed by atoms with Crippen molar-refractivity contribution in [3.05, 3.63) is 0 Å². The molecule has 7 fully saturated rings. The van der Waals surface area contributed by atoms with Gasteiger partial charge in [0.1, 0.15) is 61.8 Å². The summed E-state index contributed by atoms with van der Waals surface area (Å²) in [4.78, 5) is 57.9. The van der Waals surface area contributed by atoms with Crippen LogP contribution in [0.25, 0.3) is 0 Å². The molecule has 0 aliphatic carbocycles. The Hall–Kier alpha value is -0.360. The summed E-state index contributed by atoms with van der Waals surface area (Å²) in [5, 5.41) is 13.6. The summed E-state index contributed by atoms with van der Waals surface area (Å²) in [5.41, 5.74) is 3.58. The molecule has 40 heteroatoms. The molecule has 0 saturated carbocycles. The second-order valence-corrected chi connectivity index (χ2v) is 44.4. The zero-order chi connectivity index (χ0) is 82.3. The molecule has 28 nitrogen and oxygen atoms in total. The van der Waals surface area contributed by atoms with Gasteiger partial charge in [-0.1, -0.05) is 37.2 Å². The number of hydrogen-bond acceptors (Lipinski definition) is 26. The van der Waals surface area contributed by atoms with E-state index < -0.39 is 66.3 Å². The van der Waals surface area contributed by atoms with Crippen molar-refractivity contribution in [2.75, 3.05) is 160 Å². The number of hydrogen-bond donors (Lipinski definition) is 3. The van der Waals surface area contributed by atoms with E-state index in [0.717, 1.165) is 135 Å². The molecule has 0 unspecified atom stereocenters. The summed E-state index contributed by atoms with van der Waals surface area (Å²) < 4.78 is 137. The van der Waals surface area contributed by atoms with Crippen LogP contribution in [0.5, 0.6) is 0 Å². The Kier molecular flexibility index (Phi) is 68.1. The molecule has 0 atom stereocenters. The molecule has 0 bridgehead atoms. The molecule has 0 spiro atoms. The number of likely N-dealkylation sites (tertiary alicyclic amines) is 6. The van der Waals surface area contributed by atoms with Crippen LogP contribution in [0.1, 0.15) is 207 Å². The van der Waals surface area contributed by atoms with E-state index in [9.17, 15) is 66.4 Å². The zero-order valence-corrected chi connectivity index (χ0v) is 82.3. The number of aliphatic hydroxyl groups is 1. The second kappa shape index (κ2) is 61.0. The normalized spacial score (nSPS) is 18.6. The van der Waals surface area contributed by atoms with Gasteiger partial charge in [0, 0.05) is 101 Å². The summed E-state index contributed by atoms with van der Waals surface area (Å²) in [6, 6.07) is 0. The number of amides is 4. The molecule has 0 aromatic rings. The van der Waals surface area contributed by atoms with Crippen molar-refractivity contribution in [1.82, 2.24) is 34.7 Å². The minimum absolute atomic E-state index is 0. The first-order valence-electron chi connectivity index (χ1n) is 37.1. The number of aliphatic hydroxyl groups excluding tert-OH is 1. The van der Waals surface area contributed by atoms with E-state index in [1.807, 2.05) is 99.7 Å². The van der Waals surface area contributed by atoms with Gasteiger partial charge < -0.3 is 77.1 Å². The van der Waals surface area contributed by atoms with Gasteiger partial charge in [0.05, 0.1) is 39.5 Å². The number of piperidine rings is 7. The average molecular weight is 1870 g/mol. The van der Waals surface area contributed by atoms with Gasteiger partial charge >= 0.3 is 53.9 Å². The molecule has 4 N–H and O–H groups in total. The van der Waals surface area contributed by atoms with E-state index in [4.69, 9.17) is 28.9 Å². The van der Waals surface area contributed by atoms with Gasteiger partial charge in [-0.3, -0.25) is 4.18 Å². The van der Waals surface area contributed by atoms with E-state index in [2.05, 4.69) is 63.8 Å². The van der Waals surface area contributed by atoms with Gasteiger partial charge in [-0.2, -0.15) is 26.4 Å². The fourth-order valence-corrected chi connectivity index (χ4v) is 17.0.